The molecule has 31 N–H and O–H groups in total. The van der Waals surface area contributed by atoms with Gasteiger partial charge in [0.05, 0.1) is 37.4 Å². The van der Waals surface area contributed by atoms with Crippen LogP contribution in [0.5, 0.6) is 11.5 Å². The van der Waals surface area contributed by atoms with Gasteiger partial charge in [-0.25, -0.2) is 4.79 Å². The van der Waals surface area contributed by atoms with Crippen LogP contribution in [0.2, 0.25) is 0 Å². The van der Waals surface area contributed by atoms with Crippen LogP contribution in [0, 0.1) is 0 Å². The Morgan fingerprint density at radius 3 is 1.52 bits per heavy atom. The lowest BCUT2D eigenvalue weighted by atomic mass is 9.82. The number of carbonyl (C=O) groups excluding carboxylic acids is 10. The summed E-state index contributed by atoms with van der Waals surface area (Å²) in [5.74, 6) is -14.6. The molecule has 1 saturated carbocycles. The zero-order valence-corrected chi connectivity index (χ0v) is 58.7. The Hall–Kier alpha value is -10.6. The number of nitrogens with one attached hydrogen (secondary N) is 10. The topological polar surface area (TPSA) is 679 Å². The van der Waals surface area contributed by atoms with E-state index in [1.807, 2.05) is 0 Å². The van der Waals surface area contributed by atoms with E-state index in [2.05, 4.69) is 73.1 Å². The molecule has 2 aromatic carbocycles. The summed E-state index contributed by atoms with van der Waals surface area (Å²) in [6, 6.07) is -2.82. The monoisotopic (exact) mass is 1480 g/mol. The van der Waals surface area contributed by atoms with Gasteiger partial charge in [0.15, 0.2) is 23.8 Å². The van der Waals surface area contributed by atoms with E-state index in [4.69, 9.17) is 56.3 Å². The average Bonchev–Trinajstić information content (AvgIpc) is 0.797. The molecule has 10 amide bonds. The van der Waals surface area contributed by atoms with Crippen LogP contribution in [0.15, 0.2) is 68.5 Å². The number of phenolic OH excluding ortho intramolecular Hbond substituents is 1. The first-order valence-electron chi connectivity index (χ1n) is 33.0. The number of rotatable bonds is 28. The fourth-order valence-corrected chi connectivity index (χ4v) is 14.2. The minimum atomic E-state index is -1.97. The number of methoxy groups -OCH3 is 1. The van der Waals surface area contributed by atoms with Crippen LogP contribution in [0.1, 0.15) is 101 Å². The van der Waals surface area contributed by atoms with Crippen LogP contribution < -0.4 is 110 Å². The third-order valence-corrected chi connectivity index (χ3v) is 19.3. The van der Waals surface area contributed by atoms with E-state index >= 15 is 9.59 Å². The first kappa shape index (κ1) is 84.8. The predicted octanol–water partition coefficient (Wildman–Crippen LogP) is -6.50. The summed E-state index contributed by atoms with van der Waals surface area (Å²) in [4.78, 5) is 186. The summed E-state index contributed by atoms with van der Waals surface area (Å²) in [7, 11) is 3.37. The van der Waals surface area contributed by atoms with Gasteiger partial charge in [-0.3, -0.25) is 72.7 Å². The van der Waals surface area contributed by atoms with Gasteiger partial charge in [0.2, 0.25) is 59.1 Å². The van der Waals surface area contributed by atoms with Gasteiger partial charge >= 0.3 is 11.9 Å². The molecule has 2 fully saturated rings. The van der Waals surface area contributed by atoms with Crippen LogP contribution in [-0.4, -0.2) is 221 Å². The largest absolute Gasteiger partial charge is 0.508 e. The van der Waals surface area contributed by atoms with Crippen LogP contribution in [0.3, 0.4) is 0 Å². The van der Waals surface area contributed by atoms with E-state index < -0.39 is 155 Å². The van der Waals surface area contributed by atoms with Crippen molar-refractivity contribution in [1.29, 1.82) is 0 Å². The lowest BCUT2D eigenvalue weighted by Gasteiger charge is -2.42. The number of hydrogen-bond donors (Lipinski definition) is 22. The Bertz CT molecular complexity index is 3350. The normalized spacial score (nSPS) is 21.2. The number of ether oxygens (including phenoxy) is 1. The Balaban J connectivity index is 1.96. The number of nitrogens with zero attached hydrogens (tertiary/aromatic N) is 4. The first-order valence-corrected chi connectivity index (χ1v) is 35.3. The molecule has 1 heterocycles. The number of phenols is 1. The highest BCUT2D eigenvalue weighted by Gasteiger charge is 2.47. The van der Waals surface area contributed by atoms with Gasteiger partial charge in [-0.2, -0.15) is 0 Å². The number of aromatic hydroxyl groups is 1. The maximum atomic E-state index is 15.1. The van der Waals surface area contributed by atoms with Gasteiger partial charge in [0, 0.05) is 44.8 Å². The van der Waals surface area contributed by atoms with Crippen molar-refractivity contribution in [3.63, 3.8) is 0 Å². The maximum absolute atomic E-state index is 15.1. The second-order valence-corrected chi connectivity index (χ2v) is 26.9. The summed E-state index contributed by atoms with van der Waals surface area (Å²) < 4.78 is 3.97. The van der Waals surface area contributed by atoms with Crippen LogP contribution in [-0.2, 0) is 70.4 Å². The number of carboxylic acid groups (broad SMARTS) is 2. The molecule has 1 aliphatic heterocycles. The number of carboxylic acids is 2. The number of carbonyl (C=O) groups is 12. The Morgan fingerprint density at radius 2 is 1.02 bits per heavy atom. The van der Waals surface area contributed by atoms with Crippen molar-refractivity contribution < 1.29 is 77.6 Å². The molecule has 1 saturated heterocycles. The number of nitrogens with two attached hydrogens (primary N) is 9. The maximum Gasteiger partial charge on any atom is 0.326 e. The molecule has 39 nitrogen and oxygen atoms in total. The summed E-state index contributed by atoms with van der Waals surface area (Å²) in [6.07, 6.45) is -0.172. The van der Waals surface area contributed by atoms with Crippen molar-refractivity contribution in [2.75, 3.05) is 52.1 Å². The van der Waals surface area contributed by atoms with Gasteiger partial charge in [0.25, 0.3) is 0 Å². The minimum absolute atomic E-state index is 0.0237. The molecule has 0 radical (unpaired) electrons. The Kier molecular flexibility index (Phi) is 36.2. The molecular weight excluding hydrogens is 1390 g/mol. The van der Waals surface area contributed by atoms with E-state index in [1.54, 1.807) is 0 Å². The molecule has 9 atom stereocenters. The number of benzene rings is 2. The van der Waals surface area contributed by atoms with E-state index in [0.29, 0.717) is 36.1 Å². The van der Waals surface area contributed by atoms with Crippen LogP contribution in [0.4, 0.5) is 0 Å². The summed E-state index contributed by atoms with van der Waals surface area (Å²) in [5.41, 5.74) is 51.5. The van der Waals surface area contributed by atoms with Crippen LogP contribution >= 0.6 is 21.6 Å². The fraction of sp³-hybridized carbons (Fsp3) is 0.548. The summed E-state index contributed by atoms with van der Waals surface area (Å²) in [6.45, 7) is -1.92. The van der Waals surface area contributed by atoms with Gasteiger partial charge < -0.3 is 125 Å². The van der Waals surface area contributed by atoms with Crippen molar-refractivity contribution in [2.24, 2.45) is 71.6 Å². The number of aliphatic carboxylic acids is 2. The molecule has 568 valence electrons. The first-order chi connectivity index (χ1) is 48.9. The quantitative estimate of drug-likeness (QED) is 0.0163. The molecule has 4 rings (SSSR count). The molecule has 1 aliphatic carbocycles. The van der Waals surface area contributed by atoms with Gasteiger partial charge in [-0.15, -0.1) is 0 Å². The smallest absolute Gasteiger partial charge is 0.326 e. The zero-order valence-electron chi connectivity index (χ0n) is 57.0. The number of guanidine groups is 4. The highest BCUT2D eigenvalue weighted by atomic mass is 33.1. The summed E-state index contributed by atoms with van der Waals surface area (Å²) >= 11 is 0. The number of amides is 10. The molecule has 2 aliphatic rings. The second kappa shape index (κ2) is 43.9. The Morgan fingerprint density at radius 1 is 0.573 bits per heavy atom. The average molecular weight is 1480 g/mol. The highest BCUT2D eigenvalue weighted by Crippen LogP contribution is 2.48. The third-order valence-electron chi connectivity index (χ3n) is 16.0. The molecule has 103 heavy (non-hydrogen) atoms. The number of aliphatic imine (C=N–C) groups is 4. The standard InChI is InChI=1S/C62H97N23O16S2/c1-101-36-19-15-34(16-20-36)28-42-53(95)81-39(11-7-25-74-60(68)69)51(93)84-44(55(97)82-40(57(99)100)12-8-26-75-61(70)71)32-102-103-62(21-3-2-4-22-62)48(85-49(91)37(63)9-5-23-72-58(64)65)56(98)77-31-46(88)78-41(27-33-13-17-35(86)18-14-33)52(94)80-38(10-6-24-73-59(66)67)50(92)76-30-45(87)79-43(29-47(89)90)54(96)83-42/h13-20,37-44,48,86H,2-12,21-32,63H2,1H3,(H,76,92)(H,77,98)(H,78,88)(H,79,87)(H,80,94)(H,81,95)(H,82,97)(H,83,96)(H,84,93)(H,85,91)(H,89,90)(H,99,100)(H4,64,65,72)(H4,66,67,73)(H4,68,69,74)(H4,70,71,75)/t37-,38-,39-,40-,41+,42-,43-,44-,48?/m0/s1. The molecule has 2 aromatic rings. The third kappa shape index (κ3) is 31.5. The van der Waals surface area contributed by atoms with Crippen molar-refractivity contribution in [2.45, 2.75) is 162 Å². The molecule has 0 aromatic heterocycles. The molecule has 41 heteroatoms. The van der Waals surface area contributed by atoms with E-state index in [1.165, 1.54) is 55.6 Å². The lowest BCUT2D eigenvalue weighted by molar-refractivity contribution is -0.142. The minimum Gasteiger partial charge on any atom is -0.508 e. The predicted molar refractivity (Wildman–Crippen MR) is 383 cm³/mol. The number of hydrogen-bond acceptors (Lipinski definition) is 21. The van der Waals surface area contributed by atoms with E-state index in [-0.39, 0.29) is 133 Å². The Labute approximate surface area is 601 Å². The second-order valence-electron chi connectivity index (χ2n) is 24.2. The molecule has 1 unspecified atom stereocenters. The van der Waals surface area contributed by atoms with Gasteiger partial charge in [0.1, 0.15) is 59.8 Å². The van der Waals surface area contributed by atoms with E-state index in [0.717, 1.165) is 21.6 Å². The van der Waals surface area contributed by atoms with E-state index in [9.17, 15) is 63.3 Å². The summed E-state index contributed by atoms with van der Waals surface area (Å²) in [5, 5.41) is 55.9. The van der Waals surface area contributed by atoms with Gasteiger partial charge in [-0.05, 0) is 99.6 Å². The van der Waals surface area contributed by atoms with Crippen molar-refractivity contribution in [1.82, 2.24) is 53.2 Å². The fourth-order valence-electron chi connectivity index (χ4n) is 10.7. The lowest BCUT2D eigenvalue weighted by Crippen LogP contribution is -2.62. The molecule has 1 spiro atoms. The molecular formula is C62H97N23O16S2. The van der Waals surface area contributed by atoms with Crippen molar-refractivity contribution in [3.05, 3.63) is 59.7 Å². The van der Waals surface area contributed by atoms with Crippen LogP contribution in [0.25, 0.3) is 0 Å². The van der Waals surface area contributed by atoms with Gasteiger partial charge in [-0.1, -0.05) is 65.1 Å². The SMILES string of the molecule is COc1ccc(C[C@@H]2NC(=O)[C@H](CC(=O)O)NC(=O)CNC(=O)[C@H](CCCN=C(N)N)NC(=O)[C@@H](Cc3ccc(O)cc3)NC(=O)CNC(=O)C(NC(=O)[C@@H](N)CCCN=C(N)N)C3(CCCCC3)SSC[C@@H](C(=O)N[C@@H](CCCN=C(N)N)C(=O)O)NC(=O)[C@H](CCCN=C(N)N)NC2=O)cc1. The van der Waals surface area contributed by atoms with Crippen molar-refractivity contribution in [3.8, 4) is 11.5 Å². The molecule has 0 bridgehead atoms. The zero-order chi connectivity index (χ0) is 76.2. The highest BCUT2D eigenvalue weighted by molar-refractivity contribution is 8.77. The van der Waals surface area contributed by atoms with Crippen molar-refractivity contribution >= 4 is 116 Å².